The molecule has 0 amide bonds. The number of nitrogens with one attached hydrogen (secondary N) is 1. The van der Waals surface area contributed by atoms with Crippen molar-refractivity contribution in [3.05, 3.63) is 17.8 Å². The normalized spacial score (nSPS) is 11.1. The quantitative estimate of drug-likeness (QED) is 0.821. The second kappa shape index (κ2) is 6.18. The van der Waals surface area contributed by atoms with Crippen molar-refractivity contribution in [3.8, 4) is 0 Å². The highest BCUT2D eigenvalue weighted by Crippen LogP contribution is 2.26. The second-order valence-corrected chi connectivity index (χ2v) is 3.28. The van der Waals surface area contributed by atoms with E-state index < -0.39 is 11.9 Å². The molecule has 0 aliphatic carbocycles. The zero-order valence-electron chi connectivity index (χ0n) is 9.62. The van der Waals surface area contributed by atoms with E-state index in [9.17, 15) is 18.0 Å². The third kappa shape index (κ3) is 4.56. The van der Waals surface area contributed by atoms with Gasteiger partial charge in [0.15, 0.2) is 5.69 Å². The molecule has 5 nitrogen and oxygen atoms in total. The molecule has 0 aromatic carbocycles. The number of alkyl halides is 3. The Morgan fingerprint density at radius 1 is 1.39 bits per heavy atom. The van der Waals surface area contributed by atoms with Gasteiger partial charge < -0.3 is 10.1 Å². The third-order valence-electron chi connectivity index (χ3n) is 1.90. The van der Waals surface area contributed by atoms with Gasteiger partial charge in [0.05, 0.1) is 13.0 Å². The van der Waals surface area contributed by atoms with Gasteiger partial charge in [-0.05, 0) is 19.1 Å². The van der Waals surface area contributed by atoms with Crippen molar-refractivity contribution in [2.75, 3.05) is 18.5 Å². The van der Waals surface area contributed by atoms with Crippen LogP contribution in [-0.2, 0) is 15.7 Å². The van der Waals surface area contributed by atoms with E-state index in [0.717, 1.165) is 12.1 Å². The molecule has 0 unspecified atom stereocenters. The summed E-state index contributed by atoms with van der Waals surface area (Å²) < 4.78 is 41.2. The molecule has 1 aromatic heterocycles. The largest absolute Gasteiger partial charge is 0.466 e. The lowest BCUT2D eigenvalue weighted by molar-refractivity contribution is -0.143. The maximum absolute atomic E-state index is 12.2. The predicted molar refractivity (Wildman–Crippen MR) is 56.8 cm³/mol. The number of esters is 1. The van der Waals surface area contributed by atoms with Gasteiger partial charge in [-0.3, -0.25) is 4.79 Å². The number of nitrogens with zero attached hydrogens (tertiary/aromatic N) is 2. The van der Waals surface area contributed by atoms with E-state index in [1.54, 1.807) is 6.92 Å². The van der Waals surface area contributed by atoms with Crippen molar-refractivity contribution in [3.63, 3.8) is 0 Å². The minimum absolute atomic E-state index is 0.108. The van der Waals surface area contributed by atoms with Crippen molar-refractivity contribution in [1.29, 1.82) is 0 Å². The number of carbonyl (C=O) groups is 1. The molecule has 0 aliphatic rings. The van der Waals surface area contributed by atoms with Crippen molar-refractivity contribution >= 4 is 11.8 Å². The van der Waals surface area contributed by atoms with Crippen molar-refractivity contribution in [1.82, 2.24) is 10.2 Å². The molecule has 0 atom stereocenters. The van der Waals surface area contributed by atoms with Gasteiger partial charge in [-0.1, -0.05) is 0 Å². The summed E-state index contributed by atoms with van der Waals surface area (Å²) in [6.07, 6.45) is -4.40. The van der Waals surface area contributed by atoms with Crippen LogP contribution in [0.15, 0.2) is 12.1 Å². The average molecular weight is 263 g/mol. The van der Waals surface area contributed by atoms with Gasteiger partial charge in [-0.15, -0.1) is 10.2 Å². The smallest absolute Gasteiger partial charge is 0.435 e. The van der Waals surface area contributed by atoms with E-state index in [-0.39, 0.29) is 24.8 Å². The van der Waals surface area contributed by atoms with Gasteiger partial charge in [-0.2, -0.15) is 13.2 Å². The highest BCUT2D eigenvalue weighted by Gasteiger charge is 2.32. The van der Waals surface area contributed by atoms with Crippen LogP contribution in [0, 0.1) is 0 Å². The molecule has 0 fully saturated rings. The van der Waals surface area contributed by atoms with Crippen molar-refractivity contribution in [2.24, 2.45) is 0 Å². The van der Waals surface area contributed by atoms with Gasteiger partial charge in [0.25, 0.3) is 0 Å². The van der Waals surface area contributed by atoms with Crippen LogP contribution in [0.25, 0.3) is 0 Å². The van der Waals surface area contributed by atoms with Crippen LogP contribution in [0.1, 0.15) is 19.0 Å². The molecule has 0 aliphatic heterocycles. The summed E-state index contributed by atoms with van der Waals surface area (Å²) in [7, 11) is 0. The van der Waals surface area contributed by atoms with E-state index in [1.165, 1.54) is 0 Å². The SMILES string of the molecule is CCOC(=O)CCNc1ccc(C(F)(F)F)nn1. The van der Waals surface area contributed by atoms with Crippen LogP contribution in [0.5, 0.6) is 0 Å². The van der Waals surface area contributed by atoms with Gasteiger partial charge >= 0.3 is 12.1 Å². The Balaban J connectivity index is 2.42. The second-order valence-electron chi connectivity index (χ2n) is 3.28. The highest BCUT2D eigenvalue weighted by molar-refractivity contribution is 5.69. The summed E-state index contributed by atoms with van der Waals surface area (Å²) in [5.74, 6) is -0.211. The van der Waals surface area contributed by atoms with Gasteiger partial charge in [0.1, 0.15) is 5.82 Å². The summed E-state index contributed by atoms with van der Waals surface area (Å²) >= 11 is 0. The summed E-state index contributed by atoms with van der Waals surface area (Å²) in [5, 5.41) is 9.06. The predicted octanol–water partition coefficient (Wildman–Crippen LogP) is 1.86. The Morgan fingerprint density at radius 2 is 2.11 bits per heavy atom. The Bertz CT molecular complexity index is 392. The molecular formula is C10H12F3N3O2. The molecule has 1 rings (SSSR count). The lowest BCUT2D eigenvalue weighted by atomic mass is 10.3. The lowest BCUT2D eigenvalue weighted by Gasteiger charge is -2.07. The number of anilines is 1. The molecule has 0 saturated carbocycles. The standard InChI is InChI=1S/C10H12F3N3O2/c1-2-18-9(17)5-6-14-8-4-3-7(15-16-8)10(11,12)13/h3-4H,2,5-6H2,1H3,(H,14,16). The first kappa shape index (κ1) is 14.2. The fourth-order valence-corrected chi connectivity index (χ4v) is 1.10. The van der Waals surface area contributed by atoms with E-state index in [4.69, 9.17) is 0 Å². The molecule has 0 saturated heterocycles. The van der Waals surface area contributed by atoms with Gasteiger partial charge in [0.2, 0.25) is 0 Å². The number of hydrogen-bond donors (Lipinski definition) is 1. The maximum atomic E-state index is 12.2. The van der Waals surface area contributed by atoms with Crippen LogP contribution >= 0.6 is 0 Å². The number of aromatic nitrogens is 2. The first-order valence-corrected chi connectivity index (χ1v) is 5.24. The van der Waals surface area contributed by atoms with E-state index in [1.807, 2.05) is 0 Å². The number of rotatable bonds is 5. The van der Waals surface area contributed by atoms with Gasteiger partial charge in [-0.25, -0.2) is 0 Å². The molecule has 8 heteroatoms. The minimum Gasteiger partial charge on any atom is -0.466 e. The topological polar surface area (TPSA) is 64.1 Å². The molecule has 0 radical (unpaired) electrons. The van der Waals surface area contributed by atoms with Crippen LogP contribution in [-0.4, -0.2) is 29.3 Å². The number of ether oxygens (including phenoxy) is 1. The summed E-state index contributed by atoms with van der Waals surface area (Å²) in [6.45, 7) is 2.20. The fraction of sp³-hybridized carbons (Fsp3) is 0.500. The van der Waals surface area contributed by atoms with Crippen LogP contribution < -0.4 is 5.32 Å². The highest BCUT2D eigenvalue weighted by atomic mass is 19.4. The summed E-state index contributed by atoms with van der Waals surface area (Å²) in [4.78, 5) is 11.0. The summed E-state index contributed by atoms with van der Waals surface area (Å²) in [6, 6.07) is 1.97. The molecular weight excluding hydrogens is 251 g/mol. The van der Waals surface area contributed by atoms with Crippen molar-refractivity contribution < 1.29 is 22.7 Å². The fourth-order valence-electron chi connectivity index (χ4n) is 1.10. The van der Waals surface area contributed by atoms with E-state index >= 15 is 0 Å². The minimum atomic E-state index is -4.50. The van der Waals surface area contributed by atoms with Crippen LogP contribution in [0.3, 0.4) is 0 Å². The lowest BCUT2D eigenvalue weighted by Crippen LogP contribution is -2.13. The molecule has 1 N–H and O–H groups in total. The van der Waals surface area contributed by atoms with Gasteiger partial charge in [0, 0.05) is 6.54 Å². The monoisotopic (exact) mass is 263 g/mol. The number of halogens is 3. The Kier molecular flexibility index (Phi) is 4.87. The molecule has 0 bridgehead atoms. The maximum Gasteiger partial charge on any atom is 0.435 e. The molecule has 100 valence electrons. The molecule has 1 heterocycles. The summed E-state index contributed by atoms with van der Waals surface area (Å²) in [5.41, 5.74) is -1.06. The first-order chi connectivity index (χ1) is 8.43. The molecule has 0 spiro atoms. The number of carbonyl (C=O) groups excluding carboxylic acids is 1. The molecule has 1 aromatic rings. The van der Waals surface area contributed by atoms with Crippen molar-refractivity contribution in [2.45, 2.75) is 19.5 Å². The Morgan fingerprint density at radius 3 is 2.61 bits per heavy atom. The third-order valence-corrected chi connectivity index (χ3v) is 1.90. The Labute approximate surface area is 101 Å². The number of hydrogen-bond acceptors (Lipinski definition) is 5. The zero-order chi connectivity index (χ0) is 13.6. The van der Waals surface area contributed by atoms with E-state index in [0.29, 0.717) is 6.61 Å². The zero-order valence-corrected chi connectivity index (χ0v) is 9.62. The molecule has 18 heavy (non-hydrogen) atoms. The van der Waals surface area contributed by atoms with E-state index in [2.05, 4.69) is 20.3 Å². The van der Waals surface area contributed by atoms with Crippen LogP contribution in [0.4, 0.5) is 19.0 Å². The first-order valence-electron chi connectivity index (χ1n) is 5.24. The Hall–Kier alpha value is -1.86. The van der Waals surface area contributed by atoms with Crippen LogP contribution in [0.2, 0.25) is 0 Å². The average Bonchev–Trinajstić information content (AvgIpc) is 2.29.